The van der Waals surface area contributed by atoms with Crippen LogP contribution in [0.3, 0.4) is 0 Å². The molecule has 156 valence electrons. The smallest absolute Gasteiger partial charge is 0.339 e. The number of amides is 1. The molecule has 0 fully saturated rings. The number of aromatic amines is 1. The van der Waals surface area contributed by atoms with Crippen LogP contribution in [-0.2, 0) is 24.1 Å². The Bertz CT molecular complexity index is 932. The van der Waals surface area contributed by atoms with Crippen molar-refractivity contribution in [2.45, 2.75) is 53.2 Å². The Hall–Kier alpha value is -2.96. The molecule has 2 N–H and O–H groups in total. The van der Waals surface area contributed by atoms with E-state index in [1.807, 2.05) is 32.9 Å². The fourth-order valence-electron chi connectivity index (χ4n) is 3.70. The highest BCUT2D eigenvalue weighted by Gasteiger charge is 2.25. The van der Waals surface area contributed by atoms with E-state index in [0.29, 0.717) is 35.5 Å². The van der Waals surface area contributed by atoms with E-state index in [0.717, 1.165) is 29.0 Å². The van der Waals surface area contributed by atoms with E-state index >= 15 is 0 Å². The molecule has 0 unspecified atom stereocenters. The molecule has 1 amide bonds. The van der Waals surface area contributed by atoms with Gasteiger partial charge in [0.2, 0.25) is 0 Å². The number of methoxy groups -OCH3 is 1. The number of aromatic nitrogens is 1. The minimum Gasteiger partial charge on any atom is -0.494 e. The Labute approximate surface area is 170 Å². The normalized spacial score (nSPS) is 14.9. The van der Waals surface area contributed by atoms with Crippen LogP contribution in [0, 0.1) is 6.92 Å². The van der Waals surface area contributed by atoms with E-state index in [-0.39, 0.29) is 18.6 Å². The molecule has 0 spiro atoms. The third-order valence-corrected chi connectivity index (χ3v) is 5.12. The number of aryl methyl sites for hydroxylation is 1. The Balaban J connectivity index is 1.82. The zero-order valence-corrected chi connectivity index (χ0v) is 17.6. The largest absolute Gasteiger partial charge is 0.494 e. The summed E-state index contributed by atoms with van der Waals surface area (Å²) in [6.07, 6.45) is 1.57. The standard InChI is InChI=1S/C22H28N2O5/c1-6-16-19(22(26)27-5)13(4)20(24-16)21(25)23-11-15-10-18-14(8-12(3)29-18)9-17(15)28-7-2/h9-10,12,24H,6-8,11H2,1-5H3,(H,23,25)/t12-/m1/s1. The number of ether oxygens (including phenoxy) is 3. The van der Waals surface area contributed by atoms with Crippen molar-refractivity contribution in [1.29, 1.82) is 0 Å². The van der Waals surface area contributed by atoms with Crippen molar-refractivity contribution in [3.63, 3.8) is 0 Å². The Morgan fingerprint density at radius 1 is 1.31 bits per heavy atom. The fourth-order valence-corrected chi connectivity index (χ4v) is 3.70. The van der Waals surface area contributed by atoms with Crippen LogP contribution in [0.5, 0.6) is 11.5 Å². The van der Waals surface area contributed by atoms with Crippen molar-refractivity contribution in [2.75, 3.05) is 13.7 Å². The van der Waals surface area contributed by atoms with Gasteiger partial charge in [0, 0.05) is 29.8 Å². The van der Waals surface area contributed by atoms with E-state index in [1.54, 1.807) is 6.92 Å². The number of carbonyl (C=O) groups excluding carboxylic acids is 2. The molecule has 1 aliphatic heterocycles. The molecule has 1 aliphatic rings. The lowest BCUT2D eigenvalue weighted by Gasteiger charge is -2.13. The summed E-state index contributed by atoms with van der Waals surface area (Å²) in [5.41, 5.74) is 4.03. The molecule has 0 saturated carbocycles. The molecule has 0 radical (unpaired) electrons. The van der Waals surface area contributed by atoms with Crippen molar-refractivity contribution < 1.29 is 23.8 Å². The van der Waals surface area contributed by atoms with Crippen LogP contribution in [0.15, 0.2) is 12.1 Å². The number of hydrogen-bond donors (Lipinski definition) is 2. The van der Waals surface area contributed by atoms with E-state index in [9.17, 15) is 9.59 Å². The van der Waals surface area contributed by atoms with Gasteiger partial charge >= 0.3 is 5.97 Å². The lowest BCUT2D eigenvalue weighted by Crippen LogP contribution is -2.24. The second-order valence-electron chi connectivity index (χ2n) is 7.14. The van der Waals surface area contributed by atoms with Crippen LogP contribution < -0.4 is 14.8 Å². The van der Waals surface area contributed by atoms with Crippen molar-refractivity contribution >= 4 is 11.9 Å². The van der Waals surface area contributed by atoms with E-state index in [1.165, 1.54) is 7.11 Å². The van der Waals surface area contributed by atoms with Crippen molar-refractivity contribution in [3.8, 4) is 11.5 Å². The summed E-state index contributed by atoms with van der Waals surface area (Å²) in [6.45, 7) is 8.44. The molecular formula is C22H28N2O5. The molecule has 2 aromatic rings. The summed E-state index contributed by atoms with van der Waals surface area (Å²) in [4.78, 5) is 28.0. The topological polar surface area (TPSA) is 89.7 Å². The van der Waals surface area contributed by atoms with Gasteiger partial charge in [0.25, 0.3) is 5.91 Å². The summed E-state index contributed by atoms with van der Waals surface area (Å²) in [7, 11) is 1.33. The first-order chi connectivity index (χ1) is 13.9. The minimum atomic E-state index is -0.446. The molecule has 0 aliphatic carbocycles. The lowest BCUT2D eigenvalue weighted by atomic mass is 10.1. The zero-order valence-electron chi connectivity index (χ0n) is 17.6. The van der Waals surface area contributed by atoms with Gasteiger partial charge in [-0.1, -0.05) is 6.92 Å². The predicted molar refractivity (Wildman–Crippen MR) is 109 cm³/mol. The van der Waals surface area contributed by atoms with Gasteiger partial charge in [-0.25, -0.2) is 4.79 Å². The highest BCUT2D eigenvalue weighted by molar-refractivity contribution is 6.00. The molecule has 2 heterocycles. The lowest BCUT2D eigenvalue weighted by molar-refractivity contribution is 0.0599. The van der Waals surface area contributed by atoms with E-state index in [2.05, 4.69) is 10.3 Å². The maximum absolute atomic E-state index is 12.8. The molecule has 1 atom stereocenters. The molecular weight excluding hydrogens is 372 g/mol. The van der Waals surface area contributed by atoms with Crippen LogP contribution in [0.1, 0.15) is 64.0 Å². The average molecular weight is 400 g/mol. The summed E-state index contributed by atoms with van der Waals surface area (Å²) in [6, 6.07) is 3.93. The predicted octanol–water partition coefficient (Wildman–Crippen LogP) is 3.32. The van der Waals surface area contributed by atoms with Crippen LogP contribution in [0.4, 0.5) is 0 Å². The number of hydrogen-bond acceptors (Lipinski definition) is 5. The van der Waals surface area contributed by atoms with Gasteiger partial charge in [0.1, 0.15) is 23.3 Å². The summed E-state index contributed by atoms with van der Waals surface area (Å²) >= 11 is 0. The van der Waals surface area contributed by atoms with Gasteiger partial charge < -0.3 is 24.5 Å². The number of benzene rings is 1. The molecule has 1 aromatic carbocycles. The SMILES string of the molecule is CCOc1cc2c(cc1CNC(=O)c1[nH]c(CC)c(C(=O)OC)c1C)O[C@H](C)C2. The highest BCUT2D eigenvalue weighted by atomic mass is 16.5. The van der Waals surface area contributed by atoms with Gasteiger partial charge in [0.05, 0.1) is 19.3 Å². The fraction of sp³-hybridized carbons (Fsp3) is 0.455. The first-order valence-electron chi connectivity index (χ1n) is 9.92. The van der Waals surface area contributed by atoms with Crippen molar-refractivity contribution in [3.05, 3.63) is 45.8 Å². The maximum Gasteiger partial charge on any atom is 0.339 e. The Morgan fingerprint density at radius 3 is 2.72 bits per heavy atom. The molecule has 0 saturated heterocycles. The number of carbonyl (C=O) groups is 2. The summed E-state index contributed by atoms with van der Waals surface area (Å²) in [5.74, 6) is 0.849. The summed E-state index contributed by atoms with van der Waals surface area (Å²) < 4.78 is 16.5. The van der Waals surface area contributed by atoms with Gasteiger partial charge in [-0.3, -0.25) is 4.79 Å². The third kappa shape index (κ3) is 4.09. The number of fused-ring (bicyclic) bond motifs is 1. The second kappa shape index (κ2) is 8.59. The molecule has 7 heteroatoms. The van der Waals surface area contributed by atoms with Crippen molar-refractivity contribution in [1.82, 2.24) is 10.3 Å². The average Bonchev–Trinajstić information content (AvgIpc) is 3.23. The maximum atomic E-state index is 12.8. The molecule has 7 nitrogen and oxygen atoms in total. The highest BCUT2D eigenvalue weighted by Crippen LogP contribution is 2.35. The zero-order chi connectivity index (χ0) is 21.1. The molecule has 3 rings (SSSR count). The second-order valence-corrected chi connectivity index (χ2v) is 7.14. The minimum absolute atomic E-state index is 0.134. The quantitative estimate of drug-likeness (QED) is 0.696. The molecule has 29 heavy (non-hydrogen) atoms. The van der Waals surface area contributed by atoms with Gasteiger partial charge in [0.15, 0.2) is 0 Å². The summed E-state index contributed by atoms with van der Waals surface area (Å²) in [5, 5.41) is 2.92. The Morgan fingerprint density at radius 2 is 2.07 bits per heavy atom. The van der Waals surface area contributed by atoms with E-state index in [4.69, 9.17) is 14.2 Å². The number of H-pyrrole nitrogens is 1. The van der Waals surface area contributed by atoms with Crippen LogP contribution >= 0.6 is 0 Å². The van der Waals surface area contributed by atoms with Crippen LogP contribution in [0.2, 0.25) is 0 Å². The molecule has 1 aromatic heterocycles. The third-order valence-electron chi connectivity index (χ3n) is 5.12. The molecule has 0 bridgehead atoms. The monoisotopic (exact) mass is 400 g/mol. The van der Waals surface area contributed by atoms with Gasteiger partial charge in [-0.05, 0) is 44.9 Å². The number of esters is 1. The van der Waals surface area contributed by atoms with Crippen molar-refractivity contribution in [2.24, 2.45) is 0 Å². The van der Waals surface area contributed by atoms with Gasteiger partial charge in [-0.2, -0.15) is 0 Å². The Kier molecular flexibility index (Phi) is 6.15. The van der Waals surface area contributed by atoms with Gasteiger partial charge in [-0.15, -0.1) is 0 Å². The van der Waals surface area contributed by atoms with Crippen LogP contribution in [-0.4, -0.2) is 36.7 Å². The van der Waals surface area contributed by atoms with Crippen LogP contribution in [0.25, 0.3) is 0 Å². The number of rotatable bonds is 7. The first-order valence-corrected chi connectivity index (χ1v) is 9.92. The van der Waals surface area contributed by atoms with E-state index < -0.39 is 5.97 Å². The number of nitrogens with one attached hydrogen (secondary N) is 2. The first kappa shape index (κ1) is 20.8.